The Morgan fingerprint density at radius 2 is 2.00 bits per heavy atom. The number of benzene rings is 1. The van der Waals surface area contributed by atoms with Crippen LogP contribution in [0.15, 0.2) is 23.2 Å². The second kappa shape index (κ2) is 5.43. The average molecular weight is 330 g/mol. The summed E-state index contributed by atoms with van der Waals surface area (Å²) in [7, 11) is 3.73. The van der Waals surface area contributed by atoms with Crippen LogP contribution in [-0.4, -0.2) is 30.7 Å². The van der Waals surface area contributed by atoms with Gasteiger partial charge in [0.1, 0.15) is 5.84 Å². The number of hydrogen-bond donors (Lipinski definition) is 0. The fourth-order valence-corrected chi connectivity index (χ4v) is 1.55. The van der Waals surface area contributed by atoms with Crippen molar-refractivity contribution in [2.45, 2.75) is 13.8 Å². The van der Waals surface area contributed by atoms with Crippen LogP contribution in [0.5, 0.6) is 0 Å². The van der Waals surface area contributed by atoms with E-state index in [2.05, 4.69) is 27.6 Å². The van der Waals surface area contributed by atoms with Gasteiger partial charge in [-0.25, -0.2) is 0 Å². The maximum atomic E-state index is 11.8. The van der Waals surface area contributed by atoms with E-state index in [9.17, 15) is 4.79 Å². The first kappa shape index (κ1) is 13.2. The Kier molecular flexibility index (Phi) is 4.46. The van der Waals surface area contributed by atoms with E-state index in [1.807, 2.05) is 51.0 Å². The SMILES string of the molecule is C/C(=N\C(=O)c1ccc(C)c(I)c1)N(C)C. The van der Waals surface area contributed by atoms with E-state index in [1.54, 1.807) is 0 Å². The van der Waals surface area contributed by atoms with Crippen LogP contribution in [0.25, 0.3) is 0 Å². The van der Waals surface area contributed by atoms with Gasteiger partial charge in [-0.05, 0) is 54.1 Å². The van der Waals surface area contributed by atoms with Crippen LogP contribution in [0.2, 0.25) is 0 Å². The number of hydrogen-bond acceptors (Lipinski definition) is 1. The first-order valence-electron chi connectivity index (χ1n) is 4.95. The predicted octanol–water partition coefficient (Wildman–Crippen LogP) is 2.72. The van der Waals surface area contributed by atoms with Gasteiger partial charge in [-0.1, -0.05) is 6.07 Å². The summed E-state index contributed by atoms with van der Waals surface area (Å²) in [6.07, 6.45) is 0. The van der Waals surface area contributed by atoms with Crippen molar-refractivity contribution in [1.29, 1.82) is 0 Å². The molecule has 4 heteroatoms. The quantitative estimate of drug-likeness (QED) is 0.451. The molecule has 3 nitrogen and oxygen atoms in total. The van der Waals surface area contributed by atoms with Gasteiger partial charge in [-0.15, -0.1) is 0 Å². The minimum absolute atomic E-state index is 0.191. The van der Waals surface area contributed by atoms with Crippen molar-refractivity contribution in [1.82, 2.24) is 4.90 Å². The van der Waals surface area contributed by atoms with Crippen molar-refractivity contribution in [2.24, 2.45) is 4.99 Å². The zero-order valence-corrected chi connectivity index (χ0v) is 12.1. The monoisotopic (exact) mass is 330 g/mol. The molecule has 0 radical (unpaired) electrons. The van der Waals surface area contributed by atoms with Gasteiger partial charge >= 0.3 is 0 Å². The fraction of sp³-hybridized carbons (Fsp3) is 0.333. The van der Waals surface area contributed by atoms with Crippen molar-refractivity contribution < 1.29 is 4.79 Å². The van der Waals surface area contributed by atoms with E-state index >= 15 is 0 Å². The molecular weight excluding hydrogens is 315 g/mol. The van der Waals surface area contributed by atoms with Crippen molar-refractivity contribution in [3.63, 3.8) is 0 Å². The number of amidine groups is 1. The Bertz CT molecular complexity index is 439. The molecule has 1 aromatic rings. The minimum Gasteiger partial charge on any atom is -0.366 e. The van der Waals surface area contributed by atoms with E-state index < -0.39 is 0 Å². The molecule has 0 aliphatic heterocycles. The second-order valence-electron chi connectivity index (χ2n) is 3.82. The largest absolute Gasteiger partial charge is 0.366 e. The van der Waals surface area contributed by atoms with E-state index in [4.69, 9.17) is 0 Å². The standard InChI is InChI=1S/C12H15IN2O/c1-8-5-6-10(7-11(8)13)12(16)14-9(2)15(3)4/h5-7H,1-4H3/b14-9+. The van der Waals surface area contributed by atoms with Crippen LogP contribution in [0.1, 0.15) is 22.8 Å². The van der Waals surface area contributed by atoms with Crippen LogP contribution >= 0.6 is 22.6 Å². The first-order valence-corrected chi connectivity index (χ1v) is 6.03. The molecule has 0 saturated heterocycles. The van der Waals surface area contributed by atoms with Gasteiger partial charge in [-0.2, -0.15) is 4.99 Å². The third-order valence-electron chi connectivity index (χ3n) is 2.33. The smallest absolute Gasteiger partial charge is 0.278 e. The van der Waals surface area contributed by atoms with E-state index in [0.717, 1.165) is 3.57 Å². The highest BCUT2D eigenvalue weighted by Crippen LogP contribution is 2.14. The molecule has 1 aromatic carbocycles. The number of amides is 1. The number of halogens is 1. The molecule has 16 heavy (non-hydrogen) atoms. The summed E-state index contributed by atoms with van der Waals surface area (Å²) in [5.74, 6) is 0.518. The highest BCUT2D eigenvalue weighted by atomic mass is 127. The Labute approximate surface area is 110 Å². The molecule has 0 atom stereocenters. The zero-order chi connectivity index (χ0) is 12.3. The van der Waals surface area contributed by atoms with Gasteiger partial charge < -0.3 is 4.90 Å². The molecule has 0 bridgehead atoms. The number of aryl methyl sites for hydroxylation is 1. The third kappa shape index (κ3) is 3.30. The Morgan fingerprint density at radius 1 is 1.38 bits per heavy atom. The van der Waals surface area contributed by atoms with Crippen molar-refractivity contribution in [3.8, 4) is 0 Å². The molecule has 0 spiro atoms. The molecule has 0 heterocycles. The van der Waals surface area contributed by atoms with Crippen LogP contribution in [0.4, 0.5) is 0 Å². The van der Waals surface area contributed by atoms with Gasteiger partial charge in [0.15, 0.2) is 0 Å². The number of carbonyl (C=O) groups is 1. The van der Waals surface area contributed by atoms with E-state index in [-0.39, 0.29) is 5.91 Å². The molecule has 0 saturated carbocycles. The maximum Gasteiger partial charge on any atom is 0.278 e. The predicted molar refractivity (Wildman–Crippen MR) is 75.0 cm³/mol. The Morgan fingerprint density at radius 3 is 2.50 bits per heavy atom. The molecule has 0 aromatic heterocycles. The molecular formula is C12H15IN2O. The molecule has 0 N–H and O–H groups in total. The average Bonchev–Trinajstić information content (AvgIpc) is 2.21. The Balaban J connectivity index is 2.98. The summed E-state index contributed by atoms with van der Waals surface area (Å²) in [6.45, 7) is 3.83. The van der Waals surface area contributed by atoms with Crippen molar-refractivity contribution in [2.75, 3.05) is 14.1 Å². The summed E-state index contributed by atoms with van der Waals surface area (Å²) in [6, 6.07) is 5.62. The van der Waals surface area contributed by atoms with Gasteiger partial charge in [0, 0.05) is 23.2 Å². The maximum absolute atomic E-state index is 11.8. The zero-order valence-electron chi connectivity index (χ0n) is 9.91. The van der Waals surface area contributed by atoms with Crippen molar-refractivity contribution in [3.05, 3.63) is 32.9 Å². The van der Waals surface area contributed by atoms with Crippen molar-refractivity contribution >= 4 is 34.3 Å². The number of carbonyl (C=O) groups excluding carboxylic acids is 1. The molecule has 86 valence electrons. The molecule has 0 aliphatic carbocycles. The van der Waals surface area contributed by atoms with Gasteiger partial charge in [0.05, 0.1) is 0 Å². The lowest BCUT2D eigenvalue weighted by Gasteiger charge is -2.10. The lowest BCUT2D eigenvalue weighted by molar-refractivity contribution is 0.100. The summed E-state index contributed by atoms with van der Waals surface area (Å²) in [5, 5.41) is 0. The van der Waals surface area contributed by atoms with E-state index in [0.29, 0.717) is 11.4 Å². The van der Waals surface area contributed by atoms with Gasteiger partial charge in [-0.3, -0.25) is 4.79 Å². The van der Waals surface area contributed by atoms with Crippen LogP contribution in [0.3, 0.4) is 0 Å². The summed E-state index contributed by atoms with van der Waals surface area (Å²) in [4.78, 5) is 17.6. The van der Waals surface area contributed by atoms with E-state index in [1.165, 1.54) is 5.56 Å². The normalized spacial score (nSPS) is 11.4. The summed E-state index contributed by atoms with van der Waals surface area (Å²) in [5.41, 5.74) is 1.81. The molecule has 0 aliphatic rings. The number of rotatable bonds is 1. The highest BCUT2D eigenvalue weighted by molar-refractivity contribution is 14.1. The minimum atomic E-state index is -0.191. The van der Waals surface area contributed by atoms with Gasteiger partial charge in [0.2, 0.25) is 0 Å². The lowest BCUT2D eigenvalue weighted by Crippen LogP contribution is -2.19. The number of aliphatic imine (C=N–C) groups is 1. The van der Waals surface area contributed by atoms with Crippen LogP contribution in [-0.2, 0) is 0 Å². The fourth-order valence-electron chi connectivity index (χ4n) is 1.04. The second-order valence-corrected chi connectivity index (χ2v) is 4.98. The molecule has 0 fully saturated rings. The third-order valence-corrected chi connectivity index (χ3v) is 3.49. The Hall–Kier alpha value is -0.910. The lowest BCUT2D eigenvalue weighted by atomic mass is 10.1. The number of nitrogens with zero attached hydrogens (tertiary/aromatic N) is 2. The molecule has 1 rings (SSSR count). The first-order chi connectivity index (χ1) is 7.41. The summed E-state index contributed by atoms with van der Waals surface area (Å²) >= 11 is 2.22. The molecule has 0 unspecified atom stereocenters. The van der Waals surface area contributed by atoms with Crippen LogP contribution in [0, 0.1) is 10.5 Å². The topological polar surface area (TPSA) is 32.7 Å². The van der Waals surface area contributed by atoms with Crippen LogP contribution < -0.4 is 0 Å². The molecule has 1 amide bonds. The summed E-state index contributed by atoms with van der Waals surface area (Å²) < 4.78 is 1.08. The van der Waals surface area contributed by atoms with Gasteiger partial charge in [0.25, 0.3) is 5.91 Å². The highest BCUT2D eigenvalue weighted by Gasteiger charge is 2.07.